The van der Waals surface area contributed by atoms with Crippen LogP contribution >= 0.6 is 0 Å². The van der Waals surface area contributed by atoms with Crippen LogP contribution in [0.15, 0.2) is 40.9 Å². The predicted molar refractivity (Wildman–Crippen MR) is 103 cm³/mol. The minimum Gasteiger partial charge on any atom is -0.360 e. The van der Waals surface area contributed by atoms with Gasteiger partial charge in [-0.1, -0.05) is 35.5 Å². The summed E-state index contributed by atoms with van der Waals surface area (Å²) >= 11 is 0. The number of aryl methyl sites for hydroxylation is 1. The van der Waals surface area contributed by atoms with E-state index >= 15 is 0 Å². The minimum atomic E-state index is -3.63. The monoisotopic (exact) mass is 391 g/mol. The first-order chi connectivity index (χ1) is 12.8. The molecule has 1 aliphatic heterocycles. The van der Waals surface area contributed by atoms with Crippen molar-refractivity contribution in [3.8, 4) is 0 Å². The van der Waals surface area contributed by atoms with Crippen LogP contribution in [0.1, 0.15) is 24.2 Å². The van der Waals surface area contributed by atoms with Gasteiger partial charge in [0.2, 0.25) is 15.9 Å². The van der Waals surface area contributed by atoms with E-state index in [2.05, 4.69) is 17.3 Å². The van der Waals surface area contributed by atoms with E-state index in [1.54, 1.807) is 11.8 Å². The summed E-state index contributed by atoms with van der Waals surface area (Å²) in [5, 5.41) is 3.74. The quantitative estimate of drug-likeness (QED) is 0.754. The molecule has 146 valence electrons. The minimum absolute atomic E-state index is 0.141. The van der Waals surface area contributed by atoms with Crippen LogP contribution in [0.2, 0.25) is 0 Å². The van der Waals surface area contributed by atoms with Gasteiger partial charge >= 0.3 is 0 Å². The summed E-state index contributed by atoms with van der Waals surface area (Å²) in [6, 6.07) is 11.9. The number of hydrogen-bond donors (Lipinski definition) is 0. The third-order valence-electron chi connectivity index (χ3n) is 4.88. The average molecular weight is 391 g/mol. The van der Waals surface area contributed by atoms with E-state index in [0.29, 0.717) is 24.8 Å². The van der Waals surface area contributed by atoms with E-state index in [0.717, 1.165) is 29.8 Å². The first kappa shape index (κ1) is 19.4. The zero-order valence-electron chi connectivity index (χ0n) is 15.7. The molecule has 1 saturated heterocycles. The highest BCUT2D eigenvalue weighted by Gasteiger charge is 2.28. The molecule has 7 nitrogen and oxygen atoms in total. The Morgan fingerprint density at radius 1 is 1.26 bits per heavy atom. The summed E-state index contributed by atoms with van der Waals surface area (Å²) < 4.78 is 30.1. The van der Waals surface area contributed by atoms with Crippen LogP contribution < -0.4 is 4.31 Å². The molecule has 0 bridgehead atoms. The fraction of sp³-hybridized carbons (Fsp3) is 0.474. The van der Waals surface area contributed by atoms with E-state index < -0.39 is 10.0 Å². The molecule has 0 unspecified atom stereocenters. The lowest BCUT2D eigenvalue weighted by atomic mass is 9.90. The number of piperidine rings is 1. The van der Waals surface area contributed by atoms with Crippen molar-refractivity contribution in [2.45, 2.75) is 26.2 Å². The van der Waals surface area contributed by atoms with Gasteiger partial charge in [-0.25, -0.2) is 12.7 Å². The van der Waals surface area contributed by atoms with E-state index in [1.807, 2.05) is 18.2 Å². The van der Waals surface area contributed by atoms with Crippen LogP contribution in [0.4, 0.5) is 5.82 Å². The number of sulfonamides is 1. The highest BCUT2D eigenvalue weighted by molar-refractivity contribution is 7.92. The van der Waals surface area contributed by atoms with Crippen LogP contribution in [0, 0.1) is 12.8 Å². The third kappa shape index (κ3) is 5.09. The van der Waals surface area contributed by atoms with Crippen LogP contribution in [-0.2, 0) is 21.2 Å². The Balaban J connectivity index is 1.58. The van der Waals surface area contributed by atoms with Crippen molar-refractivity contribution in [3.05, 3.63) is 47.7 Å². The van der Waals surface area contributed by atoms with Gasteiger partial charge in [0.1, 0.15) is 12.3 Å². The lowest BCUT2D eigenvalue weighted by Crippen LogP contribution is -2.46. The van der Waals surface area contributed by atoms with E-state index in [-0.39, 0.29) is 18.3 Å². The van der Waals surface area contributed by atoms with E-state index in [9.17, 15) is 13.2 Å². The number of amides is 1. The molecule has 0 spiro atoms. The van der Waals surface area contributed by atoms with Gasteiger partial charge in [0.25, 0.3) is 0 Å². The number of likely N-dealkylation sites (tertiary alicyclic amines) is 1. The smallest absolute Gasteiger partial charge is 0.243 e. The van der Waals surface area contributed by atoms with Gasteiger partial charge in [-0.05, 0) is 37.7 Å². The third-order valence-corrected chi connectivity index (χ3v) is 6.00. The number of carbonyl (C=O) groups excluding carboxylic acids is 1. The zero-order chi connectivity index (χ0) is 19.4. The lowest BCUT2D eigenvalue weighted by molar-refractivity contribution is -0.130. The van der Waals surface area contributed by atoms with Gasteiger partial charge in [0.15, 0.2) is 5.82 Å². The van der Waals surface area contributed by atoms with Gasteiger partial charge in [-0.2, -0.15) is 0 Å². The van der Waals surface area contributed by atoms with Gasteiger partial charge in [0, 0.05) is 19.2 Å². The Kier molecular flexibility index (Phi) is 5.84. The van der Waals surface area contributed by atoms with E-state index in [4.69, 9.17) is 4.52 Å². The number of benzene rings is 1. The molecule has 1 aliphatic rings. The molecule has 0 saturated carbocycles. The second-order valence-electron chi connectivity index (χ2n) is 7.08. The molecule has 1 aromatic heterocycles. The first-order valence-electron chi connectivity index (χ1n) is 9.05. The topological polar surface area (TPSA) is 83.7 Å². The number of aromatic nitrogens is 1. The number of carbonyl (C=O) groups is 1. The molecular weight excluding hydrogens is 366 g/mol. The summed E-state index contributed by atoms with van der Waals surface area (Å²) in [5.74, 6) is 0.968. The van der Waals surface area contributed by atoms with Crippen LogP contribution in [0.5, 0.6) is 0 Å². The highest BCUT2D eigenvalue weighted by atomic mass is 32.2. The molecule has 1 amide bonds. The Hall–Kier alpha value is -2.35. The SMILES string of the molecule is Cc1cc(N(CC(=O)N2CCC(Cc3ccccc3)CC2)S(C)(=O)=O)no1. The van der Waals surface area contributed by atoms with Crippen molar-refractivity contribution >= 4 is 21.7 Å². The van der Waals surface area contributed by atoms with E-state index in [1.165, 1.54) is 11.6 Å². The van der Waals surface area contributed by atoms with Crippen LogP contribution in [-0.4, -0.2) is 50.3 Å². The lowest BCUT2D eigenvalue weighted by Gasteiger charge is -2.33. The number of nitrogens with zero attached hydrogens (tertiary/aromatic N) is 3. The van der Waals surface area contributed by atoms with Crippen LogP contribution in [0.3, 0.4) is 0 Å². The summed E-state index contributed by atoms with van der Waals surface area (Å²) in [6.07, 6.45) is 3.91. The van der Waals surface area contributed by atoms with Crippen molar-refractivity contribution in [2.24, 2.45) is 5.92 Å². The Morgan fingerprint density at radius 2 is 1.93 bits per heavy atom. The fourth-order valence-corrected chi connectivity index (χ4v) is 4.17. The molecule has 0 aliphatic carbocycles. The number of hydrogen-bond acceptors (Lipinski definition) is 5. The molecule has 8 heteroatoms. The number of rotatable bonds is 6. The molecule has 2 heterocycles. The zero-order valence-corrected chi connectivity index (χ0v) is 16.5. The maximum Gasteiger partial charge on any atom is 0.243 e. The maximum absolute atomic E-state index is 12.7. The Labute approximate surface area is 160 Å². The van der Waals surface area contributed by atoms with Gasteiger partial charge in [-0.3, -0.25) is 4.79 Å². The summed E-state index contributed by atoms with van der Waals surface area (Å²) in [6.45, 7) is 2.71. The van der Waals surface area contributed by atoms with Crippen molar-refractivity contribution in [1.29, 1.82) is 0 Å². The van der Waals surface area contributed by atoms with Crippen molar-refractivity contribution in [1.82, 2.24) is 10.1 Å². The van der Waals surface area contributed by atoms with Gasteiger partial charge in [-0.15, -0.1) is 0 Å². The molecule has 0 atom stereocenters. The first-order valence-corrected chi connectivity index (χ1v) is 10.9. The van der Waals surface area contributed by atoms with Crippen molar-refractivity contribution < 1.29 is 17.7 Å². The normalized spacial score (nSPS) is 15.7. The average Bonchev–Trinajstić information content (AvgIpc) is 3.06. The molecule has 0 N–H and O–H groups in total. The predicted octanol–water partition coefficient (Wildman–Crippen LogP) is 2.23. The Bertz CT molecular complexity index is 871. The van der Waals surface area contributed by atoms with Crippen molar-refractivity contribution in [3.63, 3.8) is 0 Å². The number of anilines is 1. The second-order valence-corrected chi connectivity index (χ2v) is 8.99. The Morgan fingerprint density at radius 3 is 2.48 bits per heavy atom. The molecule has 1 fully saturated rings. The molecule has 1 aromatic carbocycles. The molecular formula is C19H25N3O4S. The summed E-state index contributed by atoms with van der Waals surface area (Å²) in [4.78, 5) is 14.4. The molecule has 2 aromatic rings. The highest BCUT2D eigenvalue weighted by Crippen LogP contribution is 2.23. The summed E-state index contributed by atoms with van der Waals surface area (Å²) in [5.41, 5.74) is 1.31. The van der Waals surface area contributed by atoms with Gasteiger partial charge in [0.05, 0.1) is 6.26 Å². The summed E-state index contributed by atoms with van der Waals surface area (Å²) in [7, 11) is -3.63. The van der Waals surface area contributed by atoms with Gasteiger partial charge < -0.3 is 9.42 Å². The molecule has 3 rings (SSSR count). The van der Waals surface area contributed by atoms with Crippen molar-refractivity contribution in [2.75, 3.05) is 30.2 Å². The van der Waals surface area contributed by atoms with Crippen LogP contribution in [0.25, 0.3) is 0 Å². The largest absolute Gasteiger partial charge is 0.360 e. The molecule has 0 radical (unpaired) electrons. The fourth-order valence-electron chi connectivity index (χ4n) is 3.40. The standard InChI is InChI=1S/C19H25N3O4S/c1-15-12-18(20-26-15)22(27(2,24)25)14-19(23)21-10-8-17(9-11-21)13-16-6-4-3-5-7-16/h3-7,12,17H,8-11,13-14H2,1-2H3. The second kappa shape index (κ2) is 8.12. The maximum atomic E-state index is 12.7. The molecule has 27 heavy (non-hydrogen) atoms.